The van der Waals surface area contributed by atoms with Crippen LogP contribution in [0.4, 0.5) is 14.5 Å². The van der Waals surface area contributed by atoms with Gasteiger partial charge in [0.2, 0.25) is 0 Å². The highest BCUT2D eigenvalue weighted by Gasteiger charge is 2.17. The van der Waals surface area contributed by atoms with E-state index < -0.39 is 23.1 Å². The van der Waals surface area contributed by atoms with Gasteiger partial charge in [-0.2, -0.15) is 0 Å². The van der Waals surface area contributed by atoms with Gasteiger partial charge in [0.1, 0.15) is 17.2 Å². The van der Waals surface area contributed by atoms with E-state index in [-0.39, 0.29) is 0 Å². The van der Waals surface area contributed by atoms with Gasteiger partial charge in [0.25, 0.3) is 5.91 Å². The Kier molecular flexibility index (Phi) is 4.78. The maximum absolute atomic E-state index is 13.6. The number of hydrogen-bond donors (Lipinski definition) is 1. The van der Waals surface area contributed by atoms with Crippen molar-refractivity contribution in [2.45, 2.75) is 6.92 Å². The van der Waals surface area contributed by atoms with Gasteiger partial charge in [0, 0.05) is 10.6 Å². The molecule has 24 heavy (non-hydrogen) atoms. The Morgan fingerprint density at radius 3 is 2.25 bits per heavy atom. The number of thiophene rings is 1. The number of aryl methyl sites for hydroxylation is 1. The van der Waals surface area contributed by atoms with Crippen LogP contribution in [0.25, 0.3) is 10.4 Å². The number of amides is 1. The number of carbonyl (C=O) groups excluding carboxylic acids is 1. The lowest BCUT2D eigenvalue weighted by Gasteiger charge is -2.08. The average Bonchev–Trinajstić information content (AvgIpc) is 2.86. The molecule has 0 aliphatic heterocycles. The van der Waals surface area contributed by atoms with Crippen LogP contribution in [0, 0.1) is 18.6 Å². The van der Waals surface area contributed by atoms with Gasteiger partial charge in [-0.1, -0.05) is 18.2 Å². The van der Waals surface area contributed by atoms with Gasteiger partial charge in [-0.15, -0.1) is 11.3 Å². The third-order valence-corrected chi connectivity index (χ3v) is 5.27. The van der Waals surface area contributed by atoms with Gasteiger partial charge in [0.05, 0.1) is 3.79 Å². The molecule has 2 aromatic carbocycles. The SMILES string of the molecule is Cc1cc(Br)sc1-c1ccc(NC(=O)c2c(F)cccc2F)cc1. The minimum Gasteiger partial charge on any atom is -0.322 e. The Morgan fingerprint density at radius 1 is 1.08 bits per heavy atom. The van der Waals surface area contributed by atoms with Gasteiger partial charge in [-0.3, -0.25) is 4.79 Å². The molecule has 0 bridgehead atoms. The fourth-order valence-corrected chi connectivity index (χ4v) is 4.08. The van der Waals surface area contributed by atoms with Crippen molar-refractivity contribution in [1.29, 1.82) is 0 Å². The Bertz CT molecular complexity index is 886. The zero-order chi connectivity index (χ0) is 17.3. The zero-order valence-corrected chi connectivity index (χ0v) is 15.0. The minimum absolute atomic E-state index is 0.472. The second kappa shape index (κ2) is 6.83. The van der Waals surface area contributed by atoms with Gasteiger partial charge in [0.15, 0.2) is 0 Å². The first-order valence-corrected chi connectivity index (χ1v) is 8.68. The van der Waals surface area contributed by atoms with Gasteiger partial charge in [-0.05, 0) is 64.3 Å². The van der Waals surface area contributed by atoms with E-state index in [1.807, 2.05) is 25.1 Å². The standard InChI is InChI=1S/C18H12BrF2NOS/c1-10-9-15(19)24-17(10)11-5-7-12(8-6-11)22-18(23)16-13(20)3-2-4-14(16)21/h2-9H,1H3,(H,22,23). The van der Waals surface area contributed by atoms with Crippen molar-refractivity contribution in [3.05, 3.63) is 75.1 Å². The van der Waals surface area contributed by atoms with E-state index in [1.54, 1.807) is 23.5 Å². The van der Waals surface area contributed by atoms with Crippen molar-refractivity contribution in [3.63, 3.8) is 0 Å². The van der Waals surface area contributed by atoms with E-state index in [4.69, 9.17) is 0 Å². The van der Waals surface area contributed by atoms with E-state index in [1.165, 1.54) is 6.07 Å². The Morgan fingerprint density at radius 2 is 1.71 bits per heavy atom. The molecule has 0 spiro atoms. The van der Waals surface area contributed by atoms with Crippen molar-refractivity contribution in [2.24, 2.45) is 0 Å². The number of halogens is 3. The number of benzene rings is 2. The second-order valence-corrected chi connectivity index (χ2v) is 7.62. The summed E-state index contributed by atoms with van der Waals surface area (Å²) >= 11 is 5.08. The summed E-state index contributed by atoms with van der Waals surface area (Å²) < 4.78 is 28.3. The van der Waals surface area contributed by atoms with Crippen LogP contribution >= 0.6 is 27.3 Å². The third kappa shape index (κ3) is 3.39. The topological polar surface area (TPSA) is 29.1 Å². The molecule has 0 radical (unpaired) electrons. The first-order valence-electron chi connectivity index (χ1n) is 7.07. The Balaban J connectivity index is 1.82. The molecule has 3 aromatic rings. The van der Waals surface area contributed by atoms with Crippen molar-refractivity contribution < 1.29 is 13.6 Å². The van der Waals surface area contributed by atoms with Gasteiger partial charge < -0.3 is 5.32 Å². The summed E-state index contributed by atoms with van der Waals surface area (Å²) in [5, 5.41) is 2.51. The molecule has 122 valence electrons. The normalized spacial score (nSPS) is 10.7. The van der Waals surface area contributed by atoms with E-state index in [2.05, 4.69) is 21.2 Å². The van der Waals surface area contributed by atoms with Crippen molar-refractivity contribution in [3.8, 4) is 10.4 Å². The maximum atomic E-state index is 13.6. The summed E-state index contributed by atoms with van der Waals surface area (Å²) in [6.07, 6.45) is 0. The van der Waals surface area contributed by atoms with Crippen LogP contribution in [0.1, 0.15) is 15.9 Å². The summed E-state index contributed by atoms with van der Waals surface area (Å²) in [5.41, 5.74) is 2.05. The summed E-state index contributed by atoms with van der Waals surface area (Å²) in [6.45, 7) is 2.02. The first-order chi connectivity index (χ1) is 11.5. The van der Waals surface area contributed by atoms with Crippen LogP contribution in [0.15, 0.2) is 52.3 Å². The molecular formula is C18H12BrF2NOS. The minimum atomic E-state index is -0.886. The maximum Gasteiger partial charge on any atom is 0.261 e. The molecule has 1 aromatic heterocycles. The van der Waals surface area contributed by atoms with Crippen molar-refractivity contribution in [1.82, 2.24) is 0 Å². The van der Waals surface area contributed by atoms with Crippen LogP contribution in [-0.2, 0) is 0 Å². The first kappa shape index (κ1) is 16.8. The highest BCUT2D eigenvalue weighted by atomic mass is 79.9. The lowest BCUT2D eigenvalue weighted by molar-refractivity contribution is 0.101. The van der Waals surface area contributed by atoms with E-state index in [9.17, 15) is 13.6 Å². The number of carbonyl (C=O) groups is 1. The van der Waals surface area contributed by atoms with Crippen LogP contribution < -0.4 is 5.32 Å². The molecule has 2 nitrogen and oxygen atoms in total. The molecule has 3 rings (SSSR count). The summed E-state index contributed by atoms with van der Waals surface area (Å²) in [4.78, 5) is 13.2. The number of rotatable bonds is 3. The Hall–Kier alpha value is -2.05. The van der Waals surface area contributed by atoms with E-state index in [0.717, 1.165) is 31.9 Å². The summed E-state index contributed by atoms with van der Waals surface area (Å²) in [6, 6.07) is 12.5. The zero-order valence-electron chi connectivity index (χ0n) is 12.6. The van der Waals surface area contributed by atoms with Gasteiger partial charge in [-0.25, -0.2) is 8.78 Å². The van der Waals surface area contributed by atoms with Gasteiger partial charge >= 0.3 is 0 Å². The molecule has 0 unspecified atom stereocenters. The predicted molar refractivity (Wildman–Crippen MR) is 96.5 cm³/mol. The average molecular weight is 408 g/mol. The molecule has 0 fully saturated rings. The molecule has 1 heterocycles. The molecule has 1 N–H and O–H groups in total. The molecule has 6 heteroatoms. The fraction of sp³-hybridized carbons (Fsp3) is 0.0556. The monoisotopic (exact) mass is 407 g/mol. The number of nitrogens with one attached hydrogen (secondary N) is 1. The lowest BCUT2D eigenvalue weighted by Crippen LogP contribution is -2.15. The highest BCUT2D eigenvalue weighted by Crippen LogP contribution is 2.35. The smallest absolute Gasteiger partial charge is 0.261 e. The molecular weight excluding hydrogens is 396 g/mol. The third-order valence-electron chi connectivity index (χ3n) is 3.48. The van der Waals surface area contributed by atoms with E-state index >= 15 is 0 Å². The largest absolute Gasteiger partial charge is 0.322 e. The molecule has 1 amide bonds. The Labute approximate surface area is 150 Å². The molecule has 0 aliphatic rings. The molecule has 0 saturated carbocycles. The van der Waals surface area contributed by atoms with Crippen molar-refractivity contribution >= 4 is 38.9 Å². The number of anilines is 1. The predicted octanol–water partition coefficient (Wildman–Crippen LogP) is 6.02. The molecule has 0 aliphatic carbocycles. The van der Waals surface area contributed by atoms with Crippen LogP contribution in [0.5, 0.6) is 0 Å². The molecule has 0 atom stereocenters. The van der Waals surface area contributed by atoms with Crippen LogP contribution in [-0.4, -0.2) is 5.91 Å². The number of hydrogen-bond acceptors (Lipinski definition) is 2. The summed E-state index contributed by atoms with van der Waals surface area (Å²) in [7, 11) is 0. The van der Waals surface area contributed by atoms with Crippen LogP contribution in [0.2, 0.25) is 0 Å². The van der Waals surface area contributed by atoms with Crippen LogP contribution in [0.3, 0.4) is 0 Å². The van der Waals surface area contributed by atoms with Crippen molar-refractivity contribution in [2.75, 3.05) is 5.32 Å². The molecule has 0 saturated heterocycles. The second-order valence-electron chi connectivity index (χ2n) is 5.19. The fourth-order valence-electron chi connectivity index (χ4n) is 2.34. The quantitative estimate of drug-likeness (QED) is 0.565. The summed E-state index contributed by atoms with van der Waals surface area (Å²) in [5.74, 6) is -2.58. The van der Waals surface area contributed by atoms with E-state index in [0.29, 0.717) is 5.69 Å². The lowest BCUT2D eigenvalue weighted by atomic mass is 10.1. The highest BCUT2D eigenvalue weighted by molar-refractivity contribution is 9.11.